The monoisotopic (exact) mass is 478 g/mol. The maximum absolute atomic E-state index is 13.0. The van der Waals surface area contributed by atoms with Crippen molar-refractivity contribution in [3.05, 3.63) is 95.4 Å². The fourth-order valence-corrected chi connectivity index (χ4v) is 4.20. The Balaban J connectivity index is 1.47. The summed E-state index contributed by atoms with van der Waals surface area (Å²) >= 11 is 0. The Hall–Kier alpha value is -3.85. The third-order valence-electron chi connectivity index (χ3n) is 5.27. The van der Waals surface area contributed by atoms with E-state index in [4.69, 9.17) is 4.74 Å². The lowest BCUT2D eigenvalue weighted by Crippen LogP contribution is -2.27. The van der Waals surface area contributed by atoms with Crippen LogP contribution in [-0.4, -0.2) is 30.0 Å². The molecule has 0 bridgehead atoms. The smallest absolute Gasteiger partial charge is 0.255 e. The minimum Gasteiger partial charge on any atom is -0.486 e. The van der Waals surface area contributed by atoms with Crippen molar-refractivity contribution in [1.82, 2.24) is 14.7 Å². The largest absolute Gasteiger partial charge is 0.486 e. The van der Waals surface area contributed by atoms with E-state index in [-0.39, 0.29) is 18.6 Å². The van der Waals surface area contributed by atoms with Crippen LogP contribution in [0.25, 0.3) is 5.65 Å². The first-order valence-corrected chi connectivity index (χ1v) is 12.6. The molecule has 4 rings (SSSR count). The maximum atomic E-state index is 13.0. The molecule has 176 valence electrons. The average Bonchev–Trinajstić information content (AvgIpc) is 3.21. The van der Waals surface area contributed by atoms with Gasteiger partial charge in [-0.15, -0.1) is 0 Å². The van der Waals surface area contributed by atoms with Crippen molar-refractivity contribution in [2.75, 3.05) is 11.0 Å². The molecule has 34 heavy (non-hydrogen) atoms. The first-order valence-electron chi connectivity index (χ1n) is 10.7. The number of hydrogen-bond donors (Lipinski definition) is 2. The Bertz CT molecular complexity index is 1450. The van der Waals surface area contributed by atoms with E-state index in [9.17, 15) is 13.2 Å². The Morgan fingerprint density at radius 1 is 1.12 bits per heavy atom. The molecule has 1 atom stereocenters. The van der Waals surface area contributed by atoms with Gasteiger partial charge in [0.2, 0.25) is 10.0 Å². The van der Waals surface area contributed by atoms with Crippen LogP contribution in [0.4, 0.5) is 5.69 Å². The molecular weight excluding hydrogens is 452 g/mol. The summed E-state index contributed by atoms with van der Waals surface area (Å²) in [6, 6.07) is 17.5. The second-order valence-corrected chi connectivity index (χ2v) is 9.88. The van der Waals surface area contributed by atoms with Crippen molar-refractivity contribution in [3.8, 4) is 5.75 Å². The van der Waals surface area contributed by atoms with Gasteiger partial charge in [0.1, 0.15) is 18.0 Å². The van der Waals surface area contributed by atoms with Crippen LogP contribution >= 0.6 is 0 Å². The number of aromatic nitrogens is 2. The summed E-state index contributed by atoms with van der Waals surface area (Å²) in [5.41, 5.74) is 4.30. The van der Waals surface area contributed by atoms with Gasteiger partial charge in [-0.1, -0.05) is 30.3 Å². The summed E-state index contributed by atoms with van der Waals surface area (Å²) in [7, 11) is -3.39. The summed E-state index contributed by atoms with van der Waals surface area (Å²) < 4.78 is 33.4. The topological polar surface area (TPSA) is 102 Å². The van der Waals surface area contributed by atoms with Crippen LogP contribution in [-0.2, 0) is 16.6 Å². The predicted octanol–water partition coefficient (Wildman–Crippen LogP) is 4.08. The first kappa shape index (κ1) is 23.3. The van der Waals surface area contributed by atoms with Gasteiger partial charge < -0.3 is 14.5 Å². The Morgan fingerprint density at radius 2 is 1.91 bits per heavy atom. The number of imidazole rings is 1. The molecular formula is C25H26N4O4S. The quantitative estimate of drug-likeness (QED) is 0.397. The molecule has 2 aromatic heterocycles. The third-order valence-corrected chi connectivity index (χ3v) is 5.88. The number of fused-ring (bicyclic) bond motifs is 1. The lowest BCUT2D eigenvalue weighted by Gasteiger charge is -2.17. The van der Waals surface area contributed by atoms with E-state index in [0.717, 1.165) is 28.7 Å². The summed E-state index contributed by atoms with van der Waals surface area (Å²) in [5, 5.41) is 2.95. The molecule has 0 aliphatic rings. The molecule has 1 unspecified atom stereocenters. The zero-order chi connectivity index (χ0) is 24.3. The standard InChI is InChI=1S/C25H26N4O4S/c1-17-8-7-13-29-15-21(27-24(17)29)16-33-23-12-5-4-11-22(23)25(30)26-18(2)19-9-6-10-20(14-19)28-34(3,31)32/h4-15,18,28H,16H2,1-3H3,(H,26,30). The predicted molar refractivity (Wildman–Crippen MR) is 131 cm³/mol. The van der Waals surface area contributed by atoms with Gasteiger partial charge in [0.05, 0.1) is 23.6 Å². The molecule has 0 radical (unpaired) electrons. The van der Waals surface area contributed by atoms with Crippen LogP contribution in [0.15, 0.2) is 73.1 Å². The number of sulfonamides is 1. The van der Waals surface area contributed by atoms with E-state index in [1.807, 2.05) is 54.9 Å². The number of para-hydroxylation sites is 1. The number of carbonyl (C=O) groups excluding carboxylic acids is 1. The van der Waals surface area contributed by atoms with Crippen molar-refractivity contribution in [3.63, 3.8) is 0 Å². The molecule has 0 spiro atoms. The molecule has 2 N–H and O–H groups in total. The highest BCUT2D eigenvalue weighted by Crippen LogP contribution is 2.23. The molecule has 0 fully saturated rings. The van der Waals surface area contributed by atoms with Crippen LogP contribution in [0.5, 0.6) is 5.75 Å². The second kappa shape index (κ2) is 9.56. The molecule has 2 aromatic carbocycles. The first-order chi connectivity index (χ1) is 16.2. The number of rotatable bonds is 8. The van der Waals surface area contributed by atoms with Gasteiger partial charge in [0, 0.05) is 18.1 Å². The number of nitrogens with one attached hydrogen (secondary N) is 2. The lowest BCUT2D eigenvalue weighted by molar-refractivity contribution is 0.0935. The highest BCUT2D eigenvalue weighted by molar-refractivity contribution is 7.92. The minimum absolute atomic E-state index is 0.222. The Kier molecular flexibility index (Phi) is 6.56. The number of anilines is 1. The fraction of sp³-hybridized carbons (Fsp3) is 0.200. The molecule has 2 heterocycles. The molecule has 8 nitrogen and oxygen atoms in total. The number of aryl methyl sites for hydroxylation is 1. The van der Waals surface area contributed by atoms with Crippen molar-refractivity contribution in [2.45, 2.75) is 26.5 Å². The van der Waals surface area contributed by atoms with Crippen LogP contribution in [0.3, 0.4) is 0 Å². The molecule has 0 aliphatic carbocycles. The van der Waals surface area contributed by atoms with E-state index in [0.29, 0.717) is 17.0 Å². The SMILES string of the molecule is Cc1cccn2cc(COc3ccccc3C(=O)NC(C)c3cccc(NS(C)(=O)=O)c3)nc12. The van der Waals surface area contributed by atoms with Gasteiger partial charge in [-0.3, -0.25) is 9.52 Å². The van der Waals surface area contributed by atoms with Crippen molar-refractivity contribution >= 4 is 27.3 Å². The van der Waals surface area contributed by atoms with Gasteiger partial charge in [-0.25, -0.2) is 13.4 Å². The normalized spacial score (nSPS) is 12.3. The van der Waals surface area contributed by atoms with Gasteiger partial charge in [-0.05, 0) is 55.3 Å². The van der Waals surface area contributed by atoms with Gasteiger partial charge in [0.15, 0.2) is 0 Å². The maximum Gasteiger partial charge on any atom is 0.255 e. The molecule has 0 saturated heterocycles. The van der Waals surface area contributed by atoms with E-state index in [2.05, 4.69) is 15.0 Å². The summed E-state index contributed by atoms with van der Waals surface area (Å²) in [4.78, 5) is 17.6. The summed E-state index contributed by atoms with van der Waals surface area (Å²) in [6.07, 6.45) is 4.93. The van der Waals surface area contributed by atoms with Gasteiger partial charge in [-0.2, -0.15) is 0 Å². The number of carbonyl (C=O) groups is 1. The lowest BCUT2D eigenvalue weighted by atomic mass is 10.1. The van der Waals surface area contributed by atoms with E-state index >= 15 is 0 Å². The van der Waals surface area contributed by atoms with Crippen LogP contribution < -0.4 is 14.8 Å². The number of hydrogen-bond acceptors (Lipinski definition) is 5. The highest BCUT2D eigenvalue weighted by Gasteiger charge is 2.17. The molecule has 4 aromatic rings. The fourth-order valence-electron chi connectivity index (χ4n) is 3.65. The van der Waals surface area contributed by atoms with Crippen LogP contribution in [0, 0.1) is 6.92 Å². The van der Waals surface area contributed by atoms with E-state index < -0.39 is 10.0 Å². The van der Waals surface area contributed by atoms with E-state index in [1.165, 1.54) is 0 Å². The van der Waals surface area contributed by atoms with E-state index in [1.54, 1.807) is 36.4 Å². The molecule has 1 amide bonds. The van der Waals surface area contributed by atoms with Crippen LogP contribution in [0.1, 0.15) is 40.1 Å². The highest BCUT2D eigenvalue weighted by atomic mass is 32.2. The zero-order valence-electron chi connectivity index (χ0n) is 19.1. The third kappa shape index (κ3) is 5.55. The summed E-state index contributed by atoms with van der Waals surface area (Å²) in [5.74, 6) is 0.156. The van der Waals surface area contributed by atoms with Crippen molar-refractivity contribution < 1.29 is 17.9 Å². The van der Waals surface area contributed by atoms with Gasteiger partial charge >= 0.3 is 0 Å². The Morgan fingerprint density at radius 3 is 2.68 bits per heavy atom. The summed E-state index contributed by atoms with van der Waals surface area (Å²) in [6.45, 7) is 4.06. The Labute approximate surface area is 198 Å². The number of ether oxygens (including phenoxy) is 1. The second-order valence-electron chi connectivity index (χ2n) is 8.13. The molecule has 0 aliphatic heterocycles. The molecule has 0 saturated carbocycles. The number of benzene rings is 2. The van der Waals surface area contributed by atoms with Gasteiger partial charge in [0.25, 0.3) is 5.91 Å². The zero-order valence-corrected chi connectivity index (χ0v) is 20.0. The molecule has 9 heteroatoms. The number of amides is 1. The average molecular weight is 479 g/mol. The van der Waals surface area contributed by atoms with Crippen LogP contribution in [0.2, 0.25) is 0 Å². The minimum atomic E-state index is -3.39. The van der Waals surface area contributed by atoms with Crippen molar-refractivity contribution in [2.24, 2.45) is 0 Å². The van der Waals surface area contributed by atoms with Crippen molar-refractivity contribution in [1.29, 1.82) is 0 Å². The number of pyridine rings is 1. The number of nitrogens with zero attached hydrogens (tertiary/aromatic N) is 2.